The van der Waals surface area contributed by atoms with Crippen LogP contribution in [0.1, 0.15) is 20.3 Å². The van der Waals surface area contributed by atoms with E-state index < -0.39 is 0 Å². The summed E-state index contributed by atoms with van der Waals surface area (Å²) in [6, 6.07) is 0. The molecule has 0 amide bonds. The largest absolute Gasteiger partial charge is 0.311 e. The lowest BCUT2D eigenvalue weighted by molar-refractivity contribution is 0.197. The number of rotatable bonds is 0. The van der Waals surface area contributed by atoms with Crippen molar-refractivity contribution in [2.24, 2.45) is 11.8 Å². The number of hydrogen-bond acceptors (Lipinski definition) is 2. The molecule has 2 aliphatic heterocycles. The smallest absolute Gasteiger partial charge is 0.0128 e. The molecule has 0 unspecified atom stereocenters. The summed E-state index contributed by atoms with van der Waals surface area (Å²) in [5, 5.41) is 3.62. The molecule has 0 bridgehead atoms. The molecule has 2 heterocycles. The minimum atomic E-state index is 0.381. The Balaban J connectivity index is 2.02. The molecule has 2 atom stereocenters. The zero-order valence-corrected chi connectivity index (χ0v) is 8.43. The maximum Gasteiger partial charge on any atom is 0.0128 e. The van der Waals surface area contributed by atoms with Crippen LogP contribution in [0.4, 0.5) is 0 Å². The molecule has 70 valence electrons. The maximum absolute atomic E-state index is 3.62. The van der Waals surface area contributed by atoms with Crippen molar-refractivity contribution in [3.05, 3.63) is 0 Å². The Labute approximate surface area is 75.3 Å². The number of piperidine rings is 1. The minimum absolute atomic E-state index is 0.381. The topological polar surface area (TPSA) is 15.3 Å². The number of hydrogen-bond donors (Lipinski definition) is 1. The van der Waals surface area contributed by atoms with Gasteiger partial charge in [-0.2, -0.15) is 0 Å². The third-order valence-electron chi connectivity index (χ3n) is 3.37. The highest BCUT2D eigenvalue weighted by atomic mass is 15.1. The summed E-state index contributed by atoms with van der Waals surface area (Å²) in [4.78, 5) is 2.47. The first-order valence-corrected chi connectivity index (χ1v) is 5.00. The molecule has 0 aliphatic carbocycles. The predicted molar refractivity (Wildman–Crippen MR) is 51.2 cm³/mol. The molecule has 0 aromatic rings. The van der Waals surface area contributed by atoms with E-state index in [1.54, 1.807) is 0 Å². The molecule has 1 N–H and O–H groups in total. The molecule has 0 aromatic heterocycles. The van der Waals surface area contributed by atoms with Crippen molar-refractivity contribution < 1.29 is 0 Å². The van der Waals surface area contributed by atoms with Gasteiger partial charge < -0.3 is 10.2 Å². The van der Waals surface area contributed by atoms with Gasteiger partial charge >= 0.3 is 0 Å². The van der Waals surface area contributed by atoms with Gasteiger partial charge in [0, 0.05) is 18.6 Å². The quantitative estimate of drug-likeness (QED) is 0.579. The van der Waals surface area contributed by atoms with Crippen molar-refractivity contribution in [2.45, 2.75) is 25.8 Å². The van der Waals surface area contributed by atoms with E-state index in [1.807, 2.05) is 0 Å². The second-order valence-corrected chi connectivity index (χ2v) is 5.21. The van der Waals surface area contributed by atoms with E-state index in [0.717, 1.165) is 11.8 Å². The van der Waals surface area contributed by atoms with Crippen molar-refractivity contribution in [1.82, 2.24) is 10.2 Å². The molecule has 2 saturated heterocycles. The average Bonchev–Trinajstić information content (AvgIpc) is 2.26. The molecule has 2 heteroatoms. The summed E-state index contributed by atoms with van der Waals surface area (Å²) < 4.78 is 0. The van der Waals surface area contributed by atoms with E-state index in [-0.39, 0.29) is 0 Å². The first-order valence-electron chi connectivity index (χ1n) is 5.00. The highest BCUT2D eigenvalue weighted by Gasteiger charge is 2.38. The van der Waals surface area contributed by atoms with Crippen LogP contribution in [0.15, 0.2) is 0 Å². The van der Waals surface area contributed by atoms with Gasteiger partial charge in [-0.15, -0.1) is 0 Å². The lowest BCUT2D eigenvalue weighted by Gasteiger charge is -2.38. The fourth-order valence-corrected chi connectivity index (χ4v) is 2.77. The summed E-state index contributed by atoms with van der Waals surface area (Å²) >= 11 is 0. The van der Waals surface area contributed by atoms with Crippen LogP contribution < -0.4 is 5.32 Å². The van der Waals surface area contributed by atoms with Crippen molar-refractivity contribution in [2.75, 3.05) is 26.7 Å². The van der Waals surface area contributed by atoms with E-state index in [0.29, 0.717) is 5.54 Å². The van der Waals surface area contributed by atoms with Gasteiger partial charge in [0.05, 0.1) is 0 Å². The van der Waals surface area contributed by atoms with Crippen LogP contribution in [0.3, 0.4) is 0 Å². The highest BCUT2D eigenvalue weighted by Crippen LogP contribution is 2.33. The average molecular weight is 168 g/mol. The first-order chi connectivity index (χ1) is 5.57. The maximum atomic E-state index is 3.62. The van der Waals surface area contributed by atoms with E-state index >= 15 is 0 Å². The van der Waals surface area contributed by atoms with Crippen molar-refractivity contribution in [3.63, 3.8) is 0 Å². The van der Waals surface area contributed by atoms with E-state index in [1.165, 1.54) is 26.1 Å². The van der Waals surface area contributed by atoms with Crippen LogP contribution in [0.2, 0.25) is 0 Å². The molecule has 0 aromatic carbocycles. The van der Waals surface area contributed by atoms with Gasteiger partial charge in [-0.1, -0.05) is 0 Å². The number of nitrogens with one attached hydrogen (secondary N) is 1. The number of likely N-dealkylation sites (tertiary alicyclic amines) is 1. The lowest BCUT2D eigenvalue weighted by atomic mass is 9.80. The van der Waals surface area contributed by atoms with E-state index in [9.17, 15) is 0 Å². The number of nitrogens with zero attached hydrogens (tertiary/aromatic N) is 1. The van der Waals surface area contributed by atoms with Gasteiger partial charge in [-0.05, 0) is 45.7 Å². The lowest BCUT2D eigenvalue weighted by Crippen LogP contribution is -2.50. The normalized spacial score (nSPS) is 41.2. The zero-order valence-electron chi connectivity index (χ0n) is 8.43. The van der Waals surface area contributed by atoms with Crippen LogP contribution in [-0.2, 0) is 0 Å². The molecule has 0 spiro atoms. The van der Waals surface area contributed by atoms with Crippen LogP contribution >= 0.6 is 0 Å². The molecule has 2 aliphatic rings. The molecule has 0 saturated carbocycles. The van der Waals surface area contributed by atoms with Gasteiger partial charge in [0.25, 0.3) is 0 Å². The molecule has 0 radical (unpaired) electrons. The summed E-state index contributed by atoms with van der Waals surface area (Å²) in [6.45, 7) is 8.48. The molecule has 12 heavy (non-hydrogen) atoms. The Morgan fingerprint density at radius 2 is 1.92 bits per heavy atom. The van der Waals surface area contributed by atoms with Gasteiger partial charge in [0.2, 0.25) is 0 Å². The fraction of sp³-hybridized carbons (Fsp3) is 1.00. The standard InChI is InChI=1S/C10H20N2/c1-10(2)4-8-6-12(3)7-9(8)5-11-10/h8-9,11H,4-7H2,1-3H3/t8-,9+/m1/s1. The summed E-state index contributed by atoms with van der Waals surface area (Å²) in [6.07, 6.45) is 1.35. The molecular weight excluding hydrogens is 148 g/mol. The minimum Gasteiger partial charge on any atom is -0.311 e. The predicted octanol–water partition coefficient (Wildman–Crippen LogP) is 0.936. The van der Waals surface area contributed by atoms with Crippen molar-refractivity contribution in [1.29, 1.82) is 0 Å². The third kappa shape index (κ3) is 1.50. The molecule has 2 rings (SSSR count). The Morgan fingerprint density at radius 1 is 1.25 bits per heavy atom. The van der Waals surface area contributed by atoms with Gasteiger partial charge in [0.15, 0.2) is 0 Å². The molecule has 2 fully saturated rings. The Kier molecular flexibility index (Phi) is 1.92. The van der Waals surface area contributed by atoms with Crippen LogP contribution in [0, 0.1) is 11.8 Å². The van der Waals surface area contributed by atoms with Crippen LogP contribution in [0.5, 0.6) is 0 Å². The molecule has 2 nitrogen and oxygen atoms in total. The summed E-state index contributed by atoms with van der Waals surface area (Å²) in [5.74, 6) is 1.87. The SMILES string of the molecule is CN1C[C@@H]2CNC(C)(C)C[C@@H]2C1. The van der Waals surface area contributed by atoms with Gasteiger partial charge in [0.1, 0.15) is 0 Å². The van der Waals surface area contributed by atoms with Crippen molar-refractivity contribution >= 4 is 0 Å². The number of fused-ring (bicyclic) bond motifs is 1. The van der Waals surface area contributed by atoms with E-state index in [4.69, 9.17) is 0 Å². The zero-order chi connectivity index (χ0) is 8.77. The Bertz CT molecular complexity index is 177. The second-order valence-electron chi connectivity index (χ2n) is 5.21. The summed E-state index contributed by atoms with van der Waals surface area (Å²) in [5.41, 5.74) is 0.381. The fourth-order valence-electron chi connectivity index (χ4n) is 2.77. The monoisotopic (exact) mass is 168 g/mol. The van der Waals surface area contributed by atoms with E-state index in [2.05, 4.69) is 31.1 Å². The van der Waals surface area contributed by atoms with Gasteiger partial charge in [-0.3, -0.25) is 0 Å². The van der Waals surface area contributed by atoms with Crippen LogP contribution in [-0.4, -0.2) is 37.1 Å². The summed E-state index contributed by atoms with van der Waals surface area (Å²) in [7, 11) is 2.24. The molecular formula is C10H20N2. The van der Waals surface area contributed by atoms with Gasteiger partial charge in [-0.25, -0.2) is 0 Å². The van der Waals surface area contributed by atoms with Crippen molar-refractivity contribution in [3.8, 4) is 0 Å². The first kappa shape index (κ1) is 8.52. The second kappa shape index (κ2) is 2.71. The van der Waals surface area contributed by atoms with Crippen LogP contribution in [0.25, 0.3) is 0 Å². The Hall–Kier alpha value is -0.0800. The Morgan fingerprint density at radius 3 is 2.67 bits per heavy atom. The third-order valence-corrected chi connectivity index (χ3v) is 3.37. The highest BCUT2D eigenvalue weighted by molar-refractivity contribution is 4.95.